The Hall–Kier alpha value is -1.48. The third kappa shape index (κ3) is 15.1. The van der Waals surface area contributed by atoms with Gasteiger partial charge in [0.1, 0.15) is 0 Å². The molecule has 10 nitrogen and oxygen atoms in total. The average molecular weight is 761 g/mol. The molecule has 2 rings (SSSR count). The van der Waals surface area contributed by atoms with E-state index in [1.54, 1.807) is 20.8 Å². The van der Waals surface area contributed by atoms with E-state index in [1.165, 1.54) is 0 Å². The number of alkyl halides is 3. The van der Waals surface area contributed by atoms with Crippen molar-refractivity contribution in [2.24, 2.45) is 46.3 Å². The molecule has 0 saturated carbocycles. The number of esters is 2. The smallest absolute Gasteiger partial charge is 0.465 e. The van der Waals surface area contributed by atoms with E-state index in [2.05, 4.69) is 25.0 Å². The Morgan fingerprint density at radius 3 is 1.43 bits per heavy atom. The zero-order valence-electron chi connectivity index (χ0n) is 33.0. The van der Waals surface area contributed by atoms with Gasteiger partial charge in [0.2, 0.25) is 0 Å². The Balaban J connectivity index is 0.000000530. The van der Waals surface area contributed by atoms with Gasteiger partial charge in [-0.3, -0.25) is 13.8 Å². The number of halogens is 3. The van der Waals surface area contributed by atoms with Crippen LogP contribution in [-0.4, -0.2) is 81.8 Å². The molecule has 1 N–H and O–H groups in total. The zero-order chi connectivity index (χ0) is 39.5. The lowest BCUT2D eigenvalue weighted by Crippen LogP contribution is -2.32. The molecule has 0 aromatic rings. The van der Waals surface area contributed by atoms with Crippen LogP contribution in [0.15, 0.2) is 0 Å². The SMILES string of the molecule is CC[C@@H](C)C[C@H]1O[C@@H](CCOC(=O)C(C)(C)C)[C@H](CO)[C@H]1C.CC[C@@H](C)C[C@H]1O[C@@H](CCOC(=O)C(C)(C)C)[C@H](COS(=O)(=O)C(F)(F)F)[C@H]1C. The van der Waals surface area contributed by atoms with Crippen LogP contribution < -0.4 is 0 Å². The first-order chi connectivity index (χ1) is 23.3. The molecule has 0 amide bonds. The molecule has 2 aliphatic rings. The minimum Gasteiger partial charge on any atom is -0.465 e. The predicted molar refractivity (Wildman–Crippen MR) is 189 cm³/mol. The second-order valence-electron chi connectivity index (χ2n) is 16.7. The summed E-state index contributed by atoms with van der Waals surface area (Å²) in [5.41, 5.74) is -6.62. The summed E-state index contributed by atoms with van der Waals surface area (Å²) >= 11 is 0. The van der Waals surface area contributed by atoms with Crippen LogP contribution in [0.4, 0.5) is 13.2 Å². The maximum Gasteiger partial charge on any atom is 0.523 e. The molecule has 2 heterocycles. The predicted octanol–water partition coefficient (Wildman–Crippen LogP) is 7.70. The van der Waals surface area contributed by atoms with Crippen molar-refractivity contribution < 1.29 is 59.4 Å². The van der Waals surface area contributed by atoms with Crippen LogP contribution in [0.1, 0.15) is 122 Å². The second kappa shape index (κ2) is 20.3. The van der Waals surface area contributed by atoms with Crippen LogP contribution in [0.2, 0.25) is 0 Å². The Morgan fingerprint density at radius 2 is 1.10 bits per heavy atom. The molecule has 0 unspecified atom stereocenters. The standard InChI is InChI=1S/C19H33F3O6S.C18H34O4/c1-7-12(2)10-16-13(3)14(11-27-29(24,25)19(20,21)22)15(28-16)8-9-26-17(23)18(4,5)6;1-7-12(2)10-16-13(3)14(11-19)15(22-16)8-9-21-17(20)18(4,5)6/h12-16H,7-11H2,1-6H3;12-16,19H,7-11H2,1-6H3/t2*12-,13-,14-,15+,16-/m11/s1. The van der Waals surface area contributed by atoms with Gasteiger partial charge in [0.05, 0.1) is 55.1 Å². The molecule has 2 fully saturated rings. The fraction of sp³-hybridized carbons (Fsp3) is 0.946. The van der Waals surface area contributed by atoms with Crippen molar-refractivity contribution in [2.45, 2.75) is 152 Å². The van der Waals surface area contributed by atoms with Crippen LogP contribution in [0.3, 0.4) is 0 Å². The lowest BCUT2D eigenvalue weighted by atomic mass is 9.85. The van der Waals surface area contributed by atoms with E-state index in [-0.39, 0.29) is 55.8 Å². The summed E-state index contributed by atoms with van der Waals surface area (Å²) in [7, 11) is -5.67. The van der Waals surface area contributed by atoms with Crippen LogP contribution in [0, 0.1) is 46.3 Å². The highest BCUT2D eigenvalue weighted by Crippen LogP contribution is 2.40. The summed E-state index contributed by atoms with van der Waals surface area (Å²) in [6, 6.07) is 0. The normalized spacial score (nSPS) is 28.5. The van der Waals surface area contributed by atoms with Gasteiger partial charge in [-0.1, -0.05) is 54.4 Å². The molecular formula is C37H67F3O10S. The lowest BCUT2D eigenvalue weighted by molar-refractivity contribution is -0.154. The minimum absolute atomic E-state index is 0.0122. The van der Waals surface area contributed by atoms with Gasteiger partial charge in [-0.15, -0.1) is 0 Å². The second-order valence-corrected chi connectivity index (χ2v) is 18.3. The number of carbonyl (C=O) groups excluding carboxylic acids is 2. The van der Waals surface area contributed by atoms with Crippen molar-refractivity contribution in [2.75, 3.05) is 26.4 Å². The fourth-order valence-electron chi connectivity index (χ4n) is 6.10. The Kier molecular flexibility index (Phi) is 18.9. The van der Waals surface area contributed by atoms with E-state index >= 15 is 0 Å². The zero-order valence-corrected chi connectivity index (χ0v) is 33.8. The number of hydrogen-bond acceptors (Lipinski definition) is 10. The highest BCUT2D eigenvalue weighted by atomic mass is 32.2. The molecule has 2 aliphatic heterocycles. The molecule has 0 radical (unpaired) electrons. The number of ether oxygens (including phenoxy) is 4. The van der Waals surface area contributed by atoms with Crippen molar-refractivity contribution >= 4 is 22.1 Å². The van der Waals surface area contributed by atoms with Gasteiger partial charge in [0.25, 0.3) is 0 Å². The number of carbonyl (C=O) groups is 2. The van der Waals surface area contributed by atoms with Gasteiger partial charge in [-0.25, -0.2) is 0 Å². The van der Waals surface area contributed by atoms with Gasteiger partial charge >= 0.3 is 27.6 Å². The summed E-state index contributed by atoms with van der Waals surface area (Å²) in [6.07, 6.45) is 4.12. The molecule has 2 saturated heterocycles. The summed E-state index contributed by atoms with van der Waals surface area (Å²) in [5, 5.41) is 9.67. The minimum atomic E-state index is -5.67. The molecular weight excluding hydrogens is 693 g/mol. The number of rotatable bonds is 16. The first-order valence-electron chi connectivity index (χ1n) is 18.5. The molecule has 302 valence electrons. The quantitative estimate of drug-likeness (QED) is 0.0948. The van der Waals surface area contributed by atoms with Gasteiger partial charge in [0, 0.05) is 31.3 Å². The van der Waals surface area contributed by atoms with Crippen LogP contribution >= 0.6 is 0 Å². The molecule has 0 spiro atoms. The topological polar surface area (TPSA) is 135 Å². The van der Waals surface area contributed by atoms with Crippen LogP contribution in [-0.2, 0) is 42.8 Å². The molecule has 0 bridgehead atoms. The largest absolute Gasteiger partial charge is 0.523 e. The summed E-state index contributed by atoms with van der Waals surface area (Å²) in [5.74, 6) is 0.127. The number of aliphatic hydroxyl groups excluding tert-OH is 1. The summed E-state index contributed by atoms with van der Waals surface area (Å²) < 4.78 is 87.4. The molecule has 51 heavy (non-hydrogen) atoms. The van der Waals surface area contributed by atoms with Crippen molar-refractivity contribution in [3.8, 4) is 0 Å². The highest BCUT2D eigenvalue weighted by molar-refractivity contribution is 7.87. The van der Waals surface area contributed by atoms with Gasteiger partial charge in [0.15, 0.2) is 0 Å². The van der Waals surface area contributed by atoms with E-state index in [0.717, 1.165) is 19.3 Å². The van der Waals surface area contributed by atoms with E-state index in [1.807, 2.05) is 41.5 Å². The molecule has 0 aromatic carbocycles. The van der Waals surface area contributed by atoms with Gasteiger partial charge in [-0.05, 0) is 78.1 Å². The van der Waals surface area contributed by atoms with Crippen molar-refractivity contribution in [1.29, 1.82) is 0 Å². The average Bonchev–Trinajstić information content (AvgIpc) is 3.47. The van der Waals surface area contributed by atoms with Crippen molar-refractivity contribution in [1.82, 2.24) is 0 Å². The van der Waals surface area contributed by atoms with Crippen LogP contribution in [0.25, 0.3) is 0 Å². The maximum atomic E-state index is 12.6. The number of aliphatic hydroxyl groups is 1. The Bertz CT molecular complexity index is 1160. The van der Waals surface area contributed by atoms with Gasteiger partial charge in [-0.2, -0.15) is 21.6 Å². The van der Waals surface area contributed by atoms with E-state index in [9.17, 15) is 36.3 Å². The summed E-state index contributed by atoms with van der Waals surface area (Å²) in [4.78, 5) is 23.7. The van der Waals surface area contributed by atoms with Crippen LogP contribution in [0.5, 0.6) is 0 Å². The molecule has 0 aliphatic carbocycles. The van der Waals surface area contributed by atoms with E-state index in [0.29, 0.717) is 37.2 Å². The Morgan fingerprint density at radius 1 is 0.725 bits per heavy atom. The maximum absolute atomic E-state index is 12.6. The molecule has 14 heteroatoms. The third-order valence-electron chi connectivity index (χ3n) is 10.2. The molecule has 0 aromatic heterocycles. The fourth-order valence-corrected chi connectivity index (χ4v) is 6.57. The number of hydrogen-bond donors (Lipinski definition) is 1. The first kappa shape index (κ1) is 47.5. The molecule has 10 atom stereocenters. The third-order valence-corrected chi connectivity index (χ3v) is 11.3. The lowest BCUT2D eigenvalue weighted by Gasteiger charge is -2.22. The summed E-state index contributed by atoms with van der Waals surface area (Å²) in [6.45, 7) is 23.1. The van der Waals surface area contributed by atoms with Crippen molar-refractivity contribution in [3.63, 3.8) is 0 Å². The first-order valence-corrected chi connectivity index (χ1v) is 19.9. The highest BCUT2D eigenvalue weighted by Gasteiger charge is 2.50. The van der Waals surface area contributed by atoms with Crippen molar-refractivity contribution in [3.05, 3.63) is 0 Å². The van der Waals surface area contributed by atoms with E-state index < -0.39 is 51.1 Å². The van der Waals surface area contributed by atoms with E-state index in [4.69, 9.17) is 18.9 Å². The van der Waals surface area contributed by atoms with Gasteiger partial charge < -0.3 is 24.1 Å². The Labute approximate surface area is 305 Å². The monoisotopic (exact) mass is 760 g/mol.